The van der Waals surface area contributed by atoms with Crippen LogP contribution >= 0.6 is 0 Å². The highest BCUT2D eigenvalue weighted by Gasteiger charge is 2.21. The average molecular weight is 438 g/mol. The number of rotatable bonds is 5. The lowest BCUT2D eigenvalue weighted by molar-refractivity contribution is -0.130. The van der Waals surface area contributed by atoms with Crippen LogP contribution in [0.4, 0.5) is 5.82 Å². The van der Waals surface area contributed by atoms with Crippen LogP contribution in [0.25, 0.3) is 28.6 Å². The Labute approximate surface area is 190 Å². The molecule has 8 heteroatoms. The molecule has 1 aliphatic rings. The third-order valence-corrected chi connectivity index (χ3v) is 5.54. The third kappa shape index (κ3) is 4.50. The van der Waals surface area contributed by atoms with Gasteiger partial charge >= 0.3 is 0 Å². The summed E-state index contributed by atoms with van der Waals surface area (Å²) < 4.78 is 5.81. The van der Waals surface area contributed by atoms with Crippen molar-refractivity contribution in [3.8, 4) is 23.0 Å². The first-order valence-electron chi connectivity index (χ1n) is 10.7. The van der Waals surface area contributed by atoms with Gasteiger partial charge in [-0.25, -0.2) is 9.97 Å². The van der Waals surface area contributed by atoms with Crippen LogP contribution in [0.2, 0.25) is 0 Å². The number of carbonyl (C=O) groups excluding carboxylic acids is 1. The summed E-state index contributed by atoms with van der Waals surface area (Å²) in [7, 11) is 0. The van der Waals surface area contributed by atoms with Crippen molar-refractivity contribution in [3.63, 3.8) is 0 Å². The van der Waals surface area contributed by atoms with Crippen molar-refractivity contribution in [2.75, 3.05) is 18.8 Å². The number of anilines is 1. The first-order valence-corrected chi connectivity index (χ1v) is 10.7. The zero-order valence-electron chi connectivity index (χ0n) is 17.9. The molecule has 2 N–H and O–H groups in total. The Morgan fingerprint density at radius 3 is 2.45 bits per heavy atom. The maximum atomic E-state index is 12.6. The Bertz CT molecular complexity index is 1300. The molecule has 1 aliphatic heterocycles. The van der Waals surface area contributed by atoms with E-state index < -0.39 is 0 Å². The standard InChI is InChI=1S/C25H22N6O2/c26-23-22(25-30-29-24(33-25)19-9-5-2-6-10-19)28-20(16-27-23)18-11-13-31(14-12-18)21(32)15-17-7-3-1-4-8-17/h1-11,16H,12-15H2,(H2,26,27). The van der Waals surface area contributed by atoms with E-state index in [0.717, 1.165) is 16.7 Å². The first-order chi connectivity index (χ1) is 16.2. The lowest BCUT2D eigenvalue weighted by atomic mass is 10.0. The van der Waals surface area contributed by atoms with Gasteiger partial charge in [-0.2, -0.15) is 0 Å². The molecule has 2 aromatic heterocycles. The Hall–Kier alpha value is -4.33. The molecule has 4 aromatic rings. The maximum Gasteiger partial charge on any atom is 0.270 e. The number of benzene rings is 2. The second-order valence-electron chi connectivity index (χ2n) is 7.75. The van der Waals surface area contributed by atoms with E-state index in [1.165, 1.54) is 0 Å². The fraction of sp³-hybridized carbons (Fsp3) is 0.160. The normalized spacial score (nSPS) is 13.6. The molecule has 33 heavy (non-hydrogen) atoms. The van der Waals surface area contributed by atoms with Crippen LogP contribution < -0.4 is 5.73 Å². The fourth-order valence-electron chi connectivity index (χ4n) is 3.74. The number of nitrogens with zero attached hydrogens (tertiary/aromatic N) is 5. The van der Waals surface area contributed by atoms with Crippen molar-refractivity contribution >= 4 is 17.3 Å². The number of hydrogen-bond donors (Lipinski definition) is 1. The van der Waals surface area contributed by atoms with Crippen LogP contribution in [0.15, 0.2) is 77.4 Å². The van der Waals surface area contributed by atoms with Crippen molar-refractivity contribution in [2.45, 2.75) is 12.8 Å². The highest BCUT2D eigenvalue weighted by atomic mass is 16.4. The molecule has 5 rings (SSSR count). The molecular weight excluding hydrogens is 416 g/mol. The highest BCUT2D eigenvalue weighted by Crippen LogP contribution is 2.28. The van der Waals surface area contributed by atoms with E-state index in [2.05, 4.69) is 20.2 Å². The van der Waals surface area contributed by atoms with Crippen molar-refractivity contribution in [1.82, 2.24) is 25.1 Å². The van der Waals surface area contributed by atoms with Gasteiger partial charge in [0.2, 0.25) is 11.8 Å². The smallest absolute Gasteiger partial charge is 0.270 e. The maximum absolute atomic E-state index is 12.6. The first kappa shape index (κ1) is 20.6. The number of amides is 1. The molecule has 3 heterocycles. The topological polar surface area (TPSA) is 111 Å². The Morgan fingerprint density at radius 2 is 1.73 bits per heavy atom. The highest BCUT2D eigenvalue weighted by molar-refractivity contribution is 5.80. The largest absolute Gasteiger partial charge is 0.414 e. The quantitative estimate of drug-likeness (QED) is 0.506. The molecule has 0 unspecified atom stereocenters. The van der Waals surface area contributed by atoms with Crippen molar-refractivity contribution < 1.29 is 9.21 Å². The van der Waals surface area contributed by atoms with Crippen LogP contribution in [-0.2, 0) is 11.2 Å². The molecule has 0 spiro atoms. The monoisotopic (exact) mass is 438 g/mol. The predicted octanol–water partition coefficient (Wildman–Crippen LogP) is 3.63. The molecule has 0 saturated carbocycles. The average Bonchev–Trinajstić information content (AvgIpc) is 3.36. The van der Waals surface area contributed by atoms with Gasteiger partial charge < -0.3 is 15.1 Å². The van der Waals surface area contributed by atoms with Crippen LogP contribution in [0.5, 0.6) is 0 Å². The summed E-state index contributed by atoms with van der Waals surface area (Å²) in [4.78, 5) is 23.4. The molecule has 0 radical (unpaired) electrons. The van der Waals surface area contributed by atoms with Crippen LogP contribution in [0.1, 0.15) is 17.7 Å². The fourth-order valence-corrected chi connectivity index (χ4v) is 3.74. The SMILES string of the molecule is Nc1ncc(C2=CCN(C(=O)Cc3ccccc3)CC2)nc1-c1nnc(-c2ccccc2)o1. The third-order valence-electron chi connectivity index (χ3n) is 5.54. The lowest BCUT2D eigenvalue weighted by Gasteiger charge is -2.26. The summed E-state index contributed by atoms with van der Waals surface area (Å²) in [6.07, 6.45) is 4.73. The summed E-state index contributed by atoms with van der Waals surface area (Å²) in [5.74, 6) is 0.941. The second-order valence-corrected chi connectivity index (χ2v) is 7.75. The second kappa shape index (κ2) is 9.04. The summed E-state index contributed by atoms with van der Waals surface area (Å²) in [5, 5.41) is 8.22. The van der Waals surface area contributed by atoms with E-state index >= 15 is 0 Å². The van der Waals surface area contributed by atoms with Gasteiger partial charge in [0, 0.05) is 18.7 Å². The number of nitrogen functional groups attached to an aromatic ring is 1. The van der Waals surface area contributed by atoms with Gasteiger partial charge in [-0.1, -0.05) is 54.6 Å². The molecule has 164 valence electrons. The minimum absolute atomic E-state index is 0.111. The number of hydrogen-bond acceptors (Lipinski definition) is 7. The van der Waals surface area contributed by atoms with Gasteiger partial charge in [0.15, 0.2) is 11.5 Å². The molecular formula is C25H22N6O2. The van der Waals surface area contributed by atoms with Gasteiger partial charge in [-0.3, -0.25) is 4.79 Å². The zero-order chi connectivity index (χ0) is 22.6. The van der Waals surface area contributed by atoms with E-state index in [9.17, 15) is 4.79 Å². The van der Waals surface area contributed by atoms with Gasteiger partial charge in [-0.05, 0) is 29.7 Å². The molecule has 0 aliphatic carbocycles. The number of nitrogens with two attached hydrogens (primary N) is 1. The van der Waals surface area contributed by atoms with Crippen LogP contribution in [0.3, 0.4) is 0 Å². The van der Waals surface area contributed by atoms with E-state index in [1.807, 2.05) is 71.6 Å². The van der Waals surface area contributed by atoms with Gasteiger partial charge in [0.25, 0.3) is 5.89 Å². The van der Waals surface area contributed by atoms with Gasteiger partial charge in [-0.15, -0.1) is 10.2 Å². The molecule has 0 bridgehead atoms. The van der Waals surface area contributed by atoms with E-state index in [-0.39, 0.29) is 17.6 Å². The molecule has 2 aromatic carbocycles. The Morgan fingerprint density at radius 1 is 1.00 bits per heavy atom. The summed E-state index contributed by atoms with van der Waals surface area (Å²) >= 11 is 0. The molecule has 0 saturated heterocycles. The summed E-state index contributed by atoms with van der Waals surface area (Å²) in [6, 6.07) is 19.3. The van der Waals surface area contributed by atoms with Crippen LogP contribution in [-0.4, -0.2) is 44.1 Å². The summed E-state index contributed by atoms with van der Waals surface area (Å²) in [6.45, 7) is 1.15. The number of aromatic nitrogens is 4. The molecule has 0 atom stereocenters. The van der Waals surface area contributed by atoms with Crippen molar-refractivity contribution in [1.29, 1.82) is 0 Å². The van der Waals surface area contributed by atoms with E-state index in [0.29, 0.717) is 43.2 Å². The Kier molecular flexibility index (Phi) is 5.63. The molecule has 8 nitrogen and oxygen atoms in total. The van der Waals surface area contributed by atoms with Crippen LogP contribution in [0, 0.1) is 0 Å². The Balaban J connectivity index is 1.32. The van der Waals surface area contributed by atoms with Crippen molar-refractivity contribution in [2.24, 2.45) is 0 Å². The predicted molar refractivity (Wildman–Crippen MR) is 124 cm³/mol. The lowest BCUT2D eigenvalue weighted by Crippen LogP contribution is -2.35. The number of carbonyl (C=O) groups is 1. The van der Waals surface area contributed by atoms with E-state index in [4.69, 9.17) is 10.2 Å². The molecule has 1 amide bonds. The summed E-state index contributed by atoms with van der Waals surface area (Å²) in [5.41, 5.74) is 9.94. The zero-order valence-corrected chi connectivity index (χ0v) is 17.9. The van der Waals surface area contributed by atoms with Gasteiger partial charge in [0.05, 0.1) is 18.3 Å². The van der Waals surface area contributed by atoms with Gasteiger partial charge in [0.1, 0.15) is 0 Å². The molecule has 0 fully saturated rings. The minimum atomic E-state index is 0.111. The minimum Gasteiger partial charge on any atom is -0.414 e. The van der Waals surface area contributed by atoms with E-state index in [1.54, 1.807) is 6.20 Å². The van der Waals surface area contributed by atoms with Crippen molar-refractivity contribution in [3.05, 3.63) is 84.2 Å².